The van der Waals surface area contributed by atoms with E-state index in [2.05, 4.69) is 5.32 Å². The van der Waals surface area contributed by atoms with Gasteiger partial charge in [-0.2, -0.15) is 0 Å². The second-order valence-electron chi connectivity index (χ2n) is 5.31. The van der Waals surface area contributed by atoms with Crippen LogP contribution in [0.1, 0.15) is 16.3 Å². The number of fused-ring (bicyclic) bond motifs is 1. The molecule has 0 bridgehead atoms. The fraction of sp³-hybridized carbons (Fsp3) is 0.158. The highest BCUT2D eigenvalue weighted by Gasteiger charge is 2.14. The molecule has 0 saturated heterocycles. The predicted octanol–water partition coefficient (Wildman–Crippen LogP) is 2.91. The molecule has 0 aliphatic carbocycles. The van der Waals surface area contributed by atoms with Crippen molar-refractivity contribution >= 4 is 22.6 Å². The number of furan rings is 1. The van der Waals surface area contributed by atoms with Crippen LogP contribution in [-0.4, -0.2) is 25.5 Å². The molecular weight excluding hydrogens is 322 g/mol. The topological polar surface area (TPSA) is 77.8 Å². The van der Waals surface area contributed by atoms with Gasteiger partial charge in [0.2, 0.25) is 5.76 Å². The number of nitrogens with one attached hydrogen (secondary N) is 1. The van der Waals surface area contributed by atoms with Gasteiger partial charge in [0.1, 0.15) is 18.1 Å². The molecule has 0 aliphatic rings. The Kier molecular flexibility index (Phi) is 4.99. The van der Waals surface area contributed by atoms with E-state index in [1.165, 1.54) is 13.1 Å². The number of benzene rings is 2. The van der Waals surface area contributed by atoms with Crippen molar-refractivity contribution in [2.75, 3.05) is 13.7 Å². The van der Waals surface area contributed by atoms with Crippen LogP contribution in [0.5, 0.6) is 5.75 Å². The van der Waals surface area contributed by atoms with Crippen LogP contribution in [0.25, 0.3) is 10.8 Å². The lowest BCUT2D eigenvalue weighted by Gasteiger charge is -2.06. The summed E-state index contributed by atoms with van der Waals surface area (Å²) < 4.78 is 15.9. The first-order valence-corrected chi connectivity index (χ1v) is 7.74. The first kappa shape index (κ1) is 16.6. The van der Waals surface area contributed by atoms with E-state index in [0.29, 0.717) is 11.5 Å². The highest BCUT2D eigenvalue weighted by atomic mass is 16.6. The summed E-state index contributed by atoms with van der Waals surface area (Å²) in [7, 11) is 1.46. The molecule has 0 unspecified atom stereocenters. The summed E-state index contributed by atoms with van der Waals surface area (Å²) in [6.45, 7) is -0.167. The third-order valence-corrected chi connectivity index (χ3v) is 3.58. The van der Waals surface area contributed by atoms with Gasteiger partial charge in [-0.3, -0.25) is 4.79 Å². The molecule has 0 aliphatic heterocycles. The van der Waals surface area contributed by atoms with Crippen molar-refractivity contribution in [2.24, 2.45) is 0 Å². The van der Waals surface area contributed by atoms with Crippen LogP contribution >= 0.6 is 0 Å². The summed E-state index contributed by atoms with van der Waals surface area (Å²) in [6, 6.07) is 16.9. The molecule has 6 heteroatoms. The maximum Gasteiger partial charge on any atom is 0.374 e. The van der Waals surface area contributed by atoms with E-state index in [0.717, 1.165) is 10.8 Å². The fourth-order valence-corrected chi connectivity index (χ4v) is 2.25. The highest BCUT2D eigenvalue weighted by Crippen LogP contribution is 2.21. The van der Waals surface area contributed by atoms with Crippen molar-refractivity contribution in [1.29, 1.82) is 0 Å². The Bertz CT molecular complexity index is 899. The average molecular weight is 339 g/mol. The zero-order valence-electron chi connectivity index (χ0n) is 13.7. The quantitative estimate of drug-likeness (QED) is 0.699. The molecule has 0 fully saturated rings. The standard InChI is InChI=1S/C19H17NO5/c1-20-18(21)12-24-19(22)17-9-8-16(25-17)11-23-15-7-6-13-4-2-3-5-14(13)10-15/h2-10H,11-12H2,1H3,(H,20,21). The van der Waals surface area contributed by atoms with Crippen LogP contribution in [0.15, 0.2) is 59.0 Å². The largest absolute Gasteiger partial charge is 0.486 e. The lowest BCUT2D eigenvalue weighted by molar-refractivity contribution is -0.123. The van der Waals surface area contributed by atoms with Gasteiger partial charge >= 0.3 is 5.97 Å². The van der Waals surface area contributed by atoms with E-state index in [9.17, 15) is 9.59 Å². The monoisotopic (exact) mass is 339 g/mol. The molecule has 0 saturated carbocycles. The number of ether oxygens (including phenoxy) is 2. The number of likely N-dealkylation sites (N-methyl/N-ethyl adjacent to an activating group) is 1. The molecule has 2 aromatic carbocycles. The number of hydrogen-bond donors (Lipinski definition) is 1. The van der Waals surface area contributed by atoms with Crippen LogP contribution in [0.3, 0.4) is 0 Å². The van der Waals surface area contributed by atoms with Gasteiger partial charge in [-0.05, 0) is 35.0 Å². The van der Waals surface area contributed by atoms with Crippen molar-refractivity contribution in [3.05, 3.63) is 66.1 Å². The van der Waals surface area contributed by atoms with Crippen molar-refractivity contribution in [3.8, 4) is 5.75 Å². The van der Waals surface area contributed by atoms with Gasteiger partial charge in [0.15, 0.2) is 6.61 Å². The average Bonchev–Trinajstić information content (AvgIpc) is 3.13. The Labute approximate surface area is 144 Å². The zero-order valence-corrected chi connectivity index (χ0v) is 13.7. The normalized spacial score (nSPS) is 10.4. The zero-order chi connectivity index (χ0) is 17.6. The minimum absolute atomic E-state index is 0.0287. The van der Waals surface area contributed by atoms with Crippen molar-refractivity contribution in [1.82, 2.24) is 5.32 Å². The summed E-state index contributed by atoms with van der Waals surface area (Å²) in [5, 5.41) is 4.58. The first-order chi connectivity index (χ1) is 12.2. The molecular formula is C19H17NO5. The lowest BCUT2D eigenvalue weighted by atomic mass is 10.1. The van der Waals surface area contributed by atoms with Crippen molar-refractivity contribution in [2.45, 2.75) is 6.61 Å². The van der Waals surface area contributed by atoms with Gasteiger partial charge in [-0.15, -0.1) is 0 Å². The molecule has 128 valence electrons. The van der Waals surface area contributed by atoms with Crippen LogP contribution in [0.2, 0.25) is 0 Å². The Morgan fingerprint density at radius 2 is 1.84 bits per heavy atom. The molecule has 1 heterocycles. The van der Waals surface area contributed by atoms with Gasteiger partial charge in [0.25, 0.3) is 5.91 Å². The highest BCUT2D eigenvalue weighted by molar-refractivity contribution is 5.88. The molecule has 1 amide bonds. The van der Waals surface area contributed by atoms with Crippen molar-refractivity contribution < 1.29 is 23.5 Å². The number of hydrogen-bond acceptors (Lipinski definition) is 5. The minimum Gasteiger partial charge on any atom is -0.486 e. The van der Waals surface area contributed by atoms with E-state index in [1.807, 2.05) is 42.5 Å². The second-order valence-corrected chi connectivity index (χ2v) is 5.31. The summed E-state index contributed by atoms with van der Waals surface area (Å²) in [5.41, 5.74) is 0. The van der Waals surface area contributed by atoms with E-state index in [4.69, 9.17) is 13.9 Å². The maximum atomic E-state index is 11.8. The smallest absolute Gasteiger partial charge is 0.374 e. The Hall–Kier alpha value is -3.28. The predicted molar refractivity (Wildman–Crippen MR) is 91.3 cm³/mol. The van der Waals surface area contributed by atoms with Crippen LogP contribution in [0, 0.1) is 0 Å². The van der Waals surface area contributed by atoms with E-state index in [-0.39, 0.29) is 24.9 Å². The molecule has 3 aromatic rings. The molecule has 6 nitrogen and oxygen atoms in total. The SMILES string of the molecule is CNC(=O)COC(=O)c1ccc(COc2ccc3ccccc3c2)o1. The van der Waals surface area contributed by atoms with Crippen LogP contribution < -0.4 is 10.1 Å². The number of amides is 1. The van der Waals surface area contributed by atoms with Gasteiger partial charge in [0.05, 0.1) is 0 Å². The van der Waals surface area contributed by atoms with Gasteiger partial charge < -0.3 is 19.2 Å². The van der Waals surface area contributed by atoms with Crippen LogP contribution in [0.4, 0.5) is 0 Å². The van der Waals surface area contributed by atoms with Gasteiger partial charge in [0, 0.05) is 7.05 Å². The molecule has 1 N–H and O–H groups in total. The van der Waals surface area contributed by atoms with Crippen molar-refractivity contribution in [3.63, 3.8) is 0 Å². The molecule has 0 spiro atoms. The Balaban J connectivity index is 1.59. The first-order valence-electron chi connectivity index (χ1n) is 7.74. The summed E-state index contributed by atoms with van der Waals surface area (Å²) >= 11 is 0. The van der Waals surface area contributed by atoms with Gasteiger partial charge in [-0.25, -0.2) is 4.79 Å². The summed E-state index contributed by atoms with van der Waals surface area (Å²) in [4.78, 5) is 22.8. The minimum atomic E-state index is -0.694. The number of carbonyl (C=O) groups excluding carboxylic acids is 2. The number of esters is 1. The van der Waals surface area contributed by atoms with E-state index < -0.39 is 5.97 Å². The lowest BCUT2D eigenvalue weighted by Crippen LogP contribution is -2.24. The molecule has 1 aromatic heterocycles. The molecule has 3 rings (SSSR count). The number of rotatable bonds is 6. The fourth-order valence-electron chi connectivity index (χ4n) is 2.25. The molecule has 0 atom stereocenters. The van der Waals surface area contributed by atoms with Gasteiger partial charge in [-0.1, -0.05) is 30.3 Å². The summed E-state index contributed by atoms with van der Waals surface area (Å²) in [5.74, 6) is 0.139. The molecule has 0 radical (unpaired) electrons. The molecule has 25 heavy (non-hydrogen) atoms. The Morgan fingerprint density at radius 1 is 1.04 bits per heavy atom. The van der Waals surface area contributed by atoms with Crippen LogP contribution in [-0.2, 0) is 16.1 Å². The second kappa shape index (κ2) is 7.53. The summed E-state index contributed by atoms with van der Waals surface area (Å²) in [6.07, 6.45) is 0. The van der Waals surface area contributed by atoms with E-state index >= 15 is 0 Å². The number of carbonyl (C=O) groups is 2. The Morgan fingerprint density at radius 3 is 2.64 bits per heavy atom. The third-order valence-electron chi connectivity index (χ3n) is 3.58. The maximum absolute atomic E-state index is 11.8. The third kappa shape index (κ3) is 4.17. The van der Waals surface area contributed by atoms with E-state index in [1.54, 1.807) is 6.07 Å².